The fourth-order valence-electron chi connectivity index (χ4n) is 3.42. The number of rotatable bonds is 8. The average molecular weight is 444 g/mol. The fraction of sp³-hybridized carbons (Fsp3) is 0.550. The van der Waals surface area contributed by atoms with Crippen LogP contribution in [0.3, 0.4) is 0 Å². The van der Waals surface area contributed by atoms with Gasteiger partial charge >= 0.3 is 6.18 Å². The van der Waals surface area contributed by atoms with Crippen LogP contribution in [0.1, 0.15) is 26.3 Å². The van der Waals surface area contributed by atoms with Crippen molar-refractivity contribution in [3.63, 3.8) is 0 Å². The van der Waals surface area contributed by atoms with Crippen LogP contribution in [-0.4, -0.2) is 61.5 Å². The highest BCUT2D eigenvalue weighted by atomic mass is 19.4. The third kappa shape index (κ3) is 6.17. The molecule has 2 rings (SSSR count). The Hall–Kier alpha value is -2.66. The number of benzene rings is 1. The number of alkyl halides is 3. The molecule has 0 aliphatic carbocycles. The molecular weight excluding hydrogens is 417 g/mol. The lowest BCUT2D eigenvalue weighted by Gasteiger charge is -2.30. The largest absolute Gasteiger partial charge is 0.418 e. The number of carbonyl (C=O) groups excluding carboxylic acids is 3. The maximum Gasteiger partial charge on any atom is 0.418 e. The molecule has 1 aliphatic heterocycles. The van der Waals surface area contributed by atoms with E-state index in [0.29, 0.717) is 13.1 Å². The van der Waals surface area contributed by atoms with E-state index in [-0.39, 0.29) is 37.1 Å². The Kier molecular flexibility index (Phi) is 8.02. The number of primary amides is 1. The fourth-order valence-corrected chi connectivity index (χ4v) is 3.42. The molecule has 0 unspecified atom stereocenters. The number of morpholine rings is 1. The minimum absolute atomic E-state index is 0.0158. The second-order valence-electron chi connectivity index (χ2n) is 7.60. The van der Waals surface area contributed by atoms with Crippen LogP contribution in [-0.2, 0) is 25.3 Å². The van der Waals surface area contributed by atoms with Gasteiger partial charge < -0.3 is 20.7 Å². The van der Waals surface area contributed by atoms with Crippen molar-refractivity contribution in [2.75, 3.05) is 43.1 Å². The number of nitrogens with zero attached hydrogens (tertiary/aromatic N) is 2. The number of halogens is 3. The zero-order valence-corrected chi connectivity index (χ0v) is 17.7. The highest BCUT2D eigenvalue weighted by Crippen LogP contribution is 2.38. The summed E-state index contributed by atoms with van der Waals surface area (Å²) in [5.74, 6) is -2.17. The van der Waals surface area contributed by atoms with E-state index < -0.39 is 35.5 Å². The smallest absolute Gasteiger partial charge is 0.370 e. The monoisotopic (exact) mass is 444 g/mol. The van der Waals surface area contributed by atoms with Gasteiger partial charge in [-0.25, -0.2) is 0 Å². The van der Waals surface area contributed by atoms with Gasteiger partial charge in [0, 0.05) is 18.8 Å². The van der Waals surface area contributed by atoms with Crippen LogP contribution in [0.4, 0.5) is 24.5 Å². The number of anilines is 2. The van der Waals surface area contributed by atoms with Gasteiger partial charge in [-0.1, -0.05) is 20.8 Å². The van der Waals surface area contributed by atoms with Gasteiger partial charge in [-0.3, -0.25) is 19.3 Å². The van der Waals surface area contributed by atoms with Gasteiger partial charge in [0.25, 0.3) is 11.8 Å². The van der Waals surface area contributed by atoms with E-state index >= 15 is 0 Å². The molecule has 3 N–H and O–H groups in total. The number of nitrogens with two attached hydrogens (primary N) is 1. The molecule has 1 aliphatic rings. The highest BCUT2D eigenvalue weighted by Gasteiger charge is 2.38. The van der Waals surface area contributed by atoms with E-state index in [0.717, 1.165) is 17.0 Å². The highest BCUT2D eigenvalue weighted by molar-refractivity contribution is 6.09. The molecule has 0 spiro atoms. The lowest BCUT2D eigenvalue weighted by Crippen LogP contribution is -2.53. The van der Waals surface area contributed by atoms with E-state index in [9.17, 15) is 27.6 Å². The molecule has 3 amide bonds. The first-order valence-electron chi connectivity index (χ1n) is 9.89. The van der Waals surface area contributed by atoms with Crippen LogP contribution in [0.15, 0.2) is 18.2 Å². The summed E-state index contributed by atoms with van der Waals surface area (Å²) >= 11 is 0. The van der Waals surface area contributed by atoms with Gasteiger partial charge in [0.05, 0.1) is 17.9 Å². The van der Waals surface area contributed by atoms with Crippen LogP contribution in [0.2, 0.25) is 0 Å². The van der Waals surface area contributed by atoms with Crippen molar-refractivity contribution in [1.29, 1.82) is 0 Å². The van der Waals surface area contributed by atoms with Crippen LogP contribution in [0, 0.1) is 5.92 Å². The van der Waals surface area contributed by atoms with Gasteiger partial charge in [0.15, 0.2) is 6.04 Å². The van der Waals surface area contributed by atoms with E-state index in [1.165, 1.54) is 6.07 Å². The number of hydrogen-bond acceptors (Lipinski definition) is 5. The van der Waals surface area contributed by atoms with Gasteiger partial charge in [-0.05, 0) is 30.7 Å². The predicted octanol–water partition coefficient (Wildman–Crippen LogP) is 1.84. The Bertz CT molecular complexity index is 829. The number of ether oxygens (including phenoxy) is 1. The third-order valence-electron chi connectivity index (χ3n) is 4.73. The number of hydrogen-bond donors (Lipinski definition) is 2. The maximum absolute atomic E-state index is 13.7. The molecule has 1 heterocycles. The van der Waals surface area contributed by atoms with E-state index in [4.69, 9.17) is 10.5 Å². The topological polar surface area (TPSA) is 105 Å². The number of carbonyl (C=O) groups is 3. The van der Waals surface area contributed by atoms with Crippen molar-refractivity contribution >= 4 is 29.1 Å². The lowest BCUT2D eigenvalue weighted by molar-refractivity contribution is -0.138. The summed E-state index contributed by atoms with van der Waals surface area (Å²) in [6.07, 6.45) is -4.77. The Balaban J connectivity index is 2.34. The summed E-state index contributed by atoms with van der Waals surface area (Å²) in [5.41, 5.74) is 3.85. The molecular formula is C20H27F3N4O4. The van der Waals surface area contributed by atoms with E-state index in [1.54, 1.807) is 11.8 Å². The first kappa shape index (κ1) is 24.6. The first-order valence-corrected chi connectivity index (χ1v) is 9.89. The van der Waals surface area contributed by atoms with Gasteiger partial charge in [0.2, 0.25) is 5.91 Å². The Morgan fingerprint density at radius 2 is 2.00 bits per heavy atom. The molecule has 11 heteroatoms. The minimum Gasteiger partial charge on any atom is -0.370 e. The molecule has 1 aromatic rings. The minimum atomic E-state index is -4.77. The van der Waals surface area contributed by atoms with Crippen LogP contribution in [0.25, 0.3) is 0 Å². The normalized spacial score (nSPS) is 16.0. The zero-order chi connectivity index (χ0) is 23.3. The molecule has 1 fully saturated rings. The summed E-state index contributed by atoms with van der Waals surface area (Å²) in [4.78, 5) is 39.2. The molecule has 0 saturated carbocycles. The van der Waals surface area contributed by atoms with Gasteiger partial charge in [-0.2, -0.15) is 13.2 Å². The second-order valence-corrected chi connectivity index (χ2v) is 7.60. The SMILES string of the molecule is CCN(CC(C)C)[C@H](C(N)=O)C(=O)Nc1ccc(N2CCOCC2=O)c(C(F)(F)F)c1. The van der Waals surface area contributed by atoms with Crippen molar-refractivity contribution in [3.05, 3.63) is 23.8 Å². The first-order chi connectivity index (χ1) is 14.5. The summed E-state index contributed by atoms with van der Waals surface area (Å²) in [6.45, 7) is 6.11. The van der Waals surface area contributed by atoms with Gasteiger partial charge in [0.1, 0.15) is 6.61 Å². The van der Waals surface area contributed by atoms with Crippen molar-refractivity contribution in [2.45, 2.75) is 33.0 Å². The standard InChI is InChI=1S/C20H27F3N4O4/c1-4-26(10-12(2)3)17(18(24)29)19(30)25-13-5-6-15(14(9-13)20(21,22)23)27-7-8-31-11-16(27)28/h5-6,9,12,17H,4,7-8,10-11H2,1-3H3,(H2,24,29)(H,25,30)/t17-/m1/s1. The second kappa shape index (κ2) is 10.1. The molecule has 1 atom stereocenters. The van der Waals surface area contributed by atoms with Crippen LogP contribution < -0.4 is 16.0 Å². The summed E-state index contributed by atoms with van der Waals surface area (Å²) in [6, 6.07) is 1.78. The number of nitrogens with one attached hydrogen (secondary N) is 1. The average Bonchev–Trinajstić information content (AvgIpc) is 2.66. The molecule has 0 bridgehead atoms. The van der Waals surface area contributed by atoms with E-state index in [1.807, 2.05) is 13.8 Å². The van der Waals surface area contributed by atoms with Crippen molar-refractivity contribution in [2.24, 2.45) is 11.7 Å². The molecule has 172 valence electrons. The number of likely N-dealkylation sites (N-methyl/N-ethyl adjacent to an activating group) is 1. The molecule has 1 aromatic carbocycles. The number of amides is 3. The van der Waals surface area contributed by atoms with Crippen molar-refractivity contribution in [1.82, 2.24) is 4.90 Å². The summed E-state index contributed by atoms with van der Waals surface area (Å²) < 4.78 is 46.1. The lowest BCUT2D eigenvalue weighted by atomic mass is 10.1. The predicted molar refractivity (Wildman–Crippen MR) is 108 cm³/mol. The Morgan fingerprint density at radius 1 is 1.32 bits per heavy atom. The Morgan fingerprint density at radius 3 is 2.52 bits per heavy atom. The Labute approximate surface area is 178 Å². The molecule has 0 radical (unpaired) electrons. The van der Waals surface area contributed by atoms with Crippen LogP contribution in [0.5, 0.6) is 0 Å². The van der Waals surface area contributed by atoms with E-state index in [2.05, 4.69) is 5.32 Å². The quantitative estimate of drug-likeness (QED) is 0.596. The van der Waals surface area contributed by atoms with Crippen molar-refractivity contribution < 1.29 is 32.3 Å². The third-order valence-corrected chi connectivity index (χ3v) is 4.73. The molecule has 1 saturated heterocycles. The van der Waals surface area contributed by atoms with Crippen molar-refractivity contribution in [3.8, 4) is 0 Å². The van der Waals surface area contributed by atoms with Gasteiger partial charge in [-0.15, -0.1) is 0 Å². The molecule has 0 aromatic heterocycles. The van der Waals surface area contributed by atoms with Crippen LogP contribution >= 0.6 is 0 Å². The molecule has 8 nitrogen and oxygen atoms in total. The zero-order valence-electron chi connectivity index (χ0n) is 17.7. The summed E-state index contributed by atoms with van der Waals surface area (Å²) in [5, 5.41) is 2.36. The molecule has 31 heavy (non-hydrogen) atoms. The summed E-state index contributed by atoms with van der Waals surface area (Å²) in [7, 11) is 0. The maximum atomic E-state index is 13.7.